The number of nitrogens with zero attached hydrogens (tertiary/aromatic N) is 3. The number of rotatable bonds is 3. The van der Waals surface area contributed by atoms with Gasteiger partial charge in [-0.15, -0.1) is 0 Å². The predicted molar refractivity (Wildman–Crippen MR) is 63.2 cm³/mol. The largest absolute Gasteiger partial charge is 0.490 e. The molecule has 7 heteroatoms. The third-order valence-electron chi connectivity index (χ3n) is 2.80. The monoisotopic (exact) mass is 256 g/mol. The summed E-state index contributed by atoms with van der Waals surface area (Å²) < 4.78 is 5.17. The minimum absolute atomic E-state index is 0.229. The van der Waals surface area contributed by atoms with Crippen LogP contribution >= 0.6 is 11.6 Å². The van der Waals surface area contributed by atoms with Gasteiger partial charge in [0, 0.05) is 6.54 Å². The average molecular weight is 257 g/mol. The van der Waals surface area contributed by atoms with Crippen molar-refractivity contribution in [2.45, 2.75) is 18.9 Å². The van der Waals surface area contributed by atoms with E-state index in [1.807, 2.05) is 4.90 Å². The van der Waals surface area contributed by atoms with Gasteiger partial charge in [-0.3, -0.25) is 4.79 Å². The van der Waals surface area contributed by atoms with Crippen molar-refractivity contribution in [3.05, 3.63) is 11.5 Å². The summed E-state index contributed by atoms with van der Waals surface area (Å²) in [5, 5.41) is 0.229. The average Bonchev–Trinajstić information content (AvgIpc) is 2.77. The van der Waals surface area contributed by atoms with Crippen LogP contribution < -0.4 is 15.4 Å². The standard InChI is InChI=1S/C10H13ClN4O2/c1-17-7-8(11)13-5-14-10(7)15-4-2-3-6(15)9(12)16/h5-6H,2-4H2,1H3,(H2,12,16). The molecule has 17 heavy (non-hydrogen) atoms. The molecule has 1 saturated heterocycles. The second-order valence-electron chi connectivity index (χ2n) is 3.78. The van der Waals surface area contributed by atoms with Gasteiger partial charge in [-0.1, -0.05) is 11.6 Å². The van der Waals surface area contributed by atoms with Crippen LogP contribution in [0.3, 0.4) is 0 Å². The summed E-state index contributed by atoms with van der Waals surface area (Å²) in [6.07, 6.45) is 2.95. The number of carbonyl (C=O) groups is 1. The number of nitrogens with two attached hydrogens (primary N) is 1. The maximum Gasteiger partial charge on any atom is 0.240 e. The van der Waals surface area contributed by atoms with Crippen molar-refractivity contribution in [1.29, 1.82) is 0 Å². The summed E-state index contributed by atoms with van der Waals surface area (Å²) in [5.74, 6) is 0.537. The van der Waals surface area contributed by atoms with E-state index < -0.39 is 0 Å². The Morgan fingerprint density at radius 3 is 3.06 bits per heavy atom. The summed E-state index contributed by atoms with van der Waals surface area (Å²) in [6, 6.07) is -0.352. The Balaban J connectivity index is 2.39. The van der Waals surface area contributed by atoms with Gasteiger partial charge in [0.1, 0.15) is 12.4 Å². The van der Waals surface area contributed by atoms with Crippen LogP contribution in [0.5, 0.6) is 5.75 Å². The minimum atomic E-state index is -0.362. The first-order valence-electron chi connectivity index (χ1n) is 5.25. The van der Waals surface area contributed by atoms with Crippen LogP contribution in [0, 0.1) is 0 Å². The number of anilines is 1. The minimum Gasteiger partial charge on any atom is -0.490 e. The van der Waals surface area contributed by atoms with Crippen LogP contribution in [0.15, 0.2) is 6.33 Å². The summed E-state index contributed by atoms with van der Waals surface area (Å²) in [6.45, 7) is 0.706. The topological polar surface area (TPSA) is 81.3 Å². The van der Waals surface area contributed by atoms with Crippen LogP contribution in [0.25, 0.3) is 0 Å². The van der Waals surface area contributed by atoms with Crippen molar-refractivity contribution in [1.82, 2.24) is 9.97 Å². The number of amides is 1. The number of primary amides is 1. The fourth-order valence-electron chi connectivity index (χ4n) is 2.04. The third-order valence-corrected chi connectivity index (χ3v) is 3.07. The highest BCUT2D eigenvalue weighted by Gasteiger charge is 2.32. The Bertz CT molecular complexity index is 440. The van der Waals surface area contributed by atoms with E-state index in [1.165, 1.54) is 13.4 Å². The predicted octanol–water partition coefficient (Wildman–Crippen LogP) is 0.593. The number of hydrogen-bond donors (Lipinski definition) is 1. The lowest BCUT2D eigenvalue weighted by molar-refractivity contribution is -0.119. The lowest BCUT2D eigenvalue weighted by Gasteiger charge is -2.24. The first-order valence-corrected chi connectivity index (χ1v) is 5.63. The molecule has 1 aromatic heterocycles. The number of halogens is 1. The van der Waals surface area contributed by atoms with Gasteiger partial charge in [-0.05, 0) is 12.8 Å². The van der Waals surface area contributed by atoms with Gasteiger partial charge < -0.3 is 15.4 Å². The Kier molecular flexibility index (Phi) is 3.33. The molecule has 6 nitrogen and oxygen atoms in total. The van der Waals surface area contributed by atoms with E-state index in [0.717, 1.165) is 12.8 Å². The van der Waals surface area contributed by atoms with E-state index in [1.54, 1.807) is 0 Å². The molecule has 0 aromatic carbocycles. The smallest absolute Gasteiger partial charge is 0.240 e. The second kappa shape index (κ2) is 4.75. The molecular formula is C10H13ClN4O2. The number of aromatic nitrogens is 2. The normalized spacial score (nSPS) is 19.4. The lowest BCUT2D eigenvalue weighted by Crippen LogP contribution is -2.40. The number of methoxy groups -OCH3 is 1. The van der Waals surface area contributed by atoms with E-state index in [4.69, 9.17) is 22.1 Å². The van der Waals surface area contributed by atoms with Gasteiger partial charge in [0.05, 0.1) is 7.11 Å². The quantitative estimate of drug-likeness (QED) is 0.801. The van der Waals surface area contributed by atoms with Crippen LogP contribution in [0.1, 0.15) is 12.8 Å². The highest BCUT2D eigenvalue weighted by atomic mass is 35.5. The first-order chi connectivity index (χ1) is 8.15. The Hall–Kier alpha value is -1.56. The van der Waals surface area contributed by atoms with Gasteiger partial charge in [0.15, 0.2) is 16.7 Å². The van der Waals surface area contributed by atoms with E-state index in [9.17, 15) is 4.79 Å². The molecule has 0 aliphatic carbocycles. The molecule has 0 bridgehead atoms. The van der Waals surface area contributed by atoms with Crippen LogP contribution in [0.4, 0.5) is 5.82 Å². The Morgan fingerprint density at radius 2 is 2.41 bits per heavy atom. The zero-order valence-corrected chi connectivity index (χ0v) is 10.1. The molecule has 2 heterocycles. The molecule has 1 aliphatic heterocycles. The highest BCUT2D eigenvalue weighted by Crippen LogP contribution is 2.35. The van der Waals surface area contributed by atoms with Crippen molar-refractivity contribution in [2.24, 2.45) is 5.73 Å². The van der Waals surface area contributed by atoms with Gasteiger partial charge >= 0.3 is 0 Å². The Morgan fingerprint density at radius 1 is 1.65 bits per heavy atom. The molecule has 0 radical (unpaired) electrons. The zero-order valence-electron chi connectivity index (χ0n) is 9.39. The van der Waals surface area contributed by atoms with Gasteiger partial charge in [0.25, 0.3) is 0 Å². The van der Waals surface area contributed by atoms with E-state index in [-0.39, 0.29) is 17.1 Å². The fraction of sp³-hybridized carbons (Fsp3) is 0.500. The molecule has 1 aliphatic rings. The lowest BCUT2D eigenvalue weighted by atomic mass is 10.2. The van der Waals surface area contributed by atoms with E-state index >= 15 is 0 Å². The van der Waals surface area contributed by atoms with Crippen molar-refractivity contribution in [2.75, 3.05) is 18.6 Å². The number of hydrogen-bond acceptors (Lipinski definition) is 5. The molecule has 0 spiro atoms. The Labute approximate surface area is 104 Å². The molecule has 1 atom stereocenters. The van der Waals surface area contributed by atoms with Gasteiger partial charge in [-0.25, -0.2) is 9.97 Å². The summed E-state index contributed by atoms with van der Waals surface area (Å²) in [5.41, 5.74) is 5.36. The van der Waals surface area contributed by atoms with E-state index in [0.29, 0.717) is 18.1 Å². The molecule has 1 amide bonds. The molecule has 1 fully saturated rings. The van der Waals surface area contributed by atoms with E-state index in [2.05, 4.69) is 9.97 Å². The number of carbonyl (C=O) groups excluding carboxylic acids is 1. The maximum atomic E-state index is 11.3. The molecule has 1 unspecified atom stereocenters. The zero-order chi connectivity index (χ0) is 12.4. The number of ether oxygens (including phenoxy) is 1. The maximum absolute atomic E-state index is 11.3. The van der Waals surface area contributed by atoms with Crippen LogP contribution in [-0.4, -0.2) is 35.6 Å². The van der Waals surface area contributed by atoms with Crippen molar-refractivity contribution < 1.29 is 9.53 Å². The van der Waals surface area contributed by atoms with Gasteiger partial charge in [0.2, 0.25) is 5.91 Å². The van der Waals surface area contributed by atoms with Crippen molar-refractivity contribution >= 4 is 23.3 Å². The molecule has 0 saturated carbocycles. The molecule has 92 valence electrons. The fourth-order valence-corrected chi connectivity index (χ4v) is 2.25. The summed E-state index contributed by atoms with van der Waals surface area (Å²) >= 11 is 5.92. The molecular weight excluding hydrogens is 244 g/mol. The molecule has 1 aromatic rings. The highest BCUT2D eigenvalue weighted by molar-refractivity contribution is 6.31. The van der Waals surface area contributed by atoms with Crippen molar-refractivity contribution in [3.8, 4) is 5.75 Å². The van der Waals surface area contributed by atoms with Crippen LogP contribution in [-0.2, 0) is 4.79 Å². The second-order valence-corrected chi connectivity index (χ2v) is 4.13. The molecule has 2 rings (SSSR count). The third kappa shape index (κ3) is 2.12. The SMILES string of the molecule is COc1c(Cl)ncnc1N1CCCC1C(N)=O. The van der Waals surface area contributed by atoms with Crippen LogP contribution in [0.2, 0.25) is 5.15 Å². The summed E-state index contributed by atoms with van der Waals surface area (Å²) in [7, 11) is 1.49. The summed E-state index contributed by atoms with van der Waals surface area (Å²) in [4.78, 5) is 21.1. The first kappa shape index (κ1) is 11.9. The molecule has 2 N–H and O–H groups in total. The van der Waals surface area contributed by atoms with Gasteiger partial charge in [-0.2, -0.15) is 0 Å². The van der Waals surface area contributed by atoms with Crippen molar-refractivity contribution in [3.63, 3.8) is 0 Å².